The molecule has 32 heavy (non-hydrogen) atoms. The topological polar surface area (TPSA) is 63.2 Å². The van der Waals surface area contributed by atoms with Gasteiger partial charge in [0.15, 0.2) is 0 Å². The predicted octanol–water partition coefficient (Wildman–Crippen LogP) is 7.16. The van der Waals surface area contributed by atoms with Gasteiger partial charge in [0.25, 0.3) is 0 Å². The van der Waals surface area contributed by atoms with E-state index in [0.29, 0.717) is 0 Å². The first-order chi connectivity index (χ1) is 14.2. The van der Waals surface area contributed by atoms with Gasteiger partial charge in [-0.1, -0.05) is 74.4 Å². The van der Waals surface area contributed by atoms with Crippen LogP contribution in [0, 0.1) is 0 Å². The van der Waals surface area contributed by atoms with Gasteiger partial charge in [0.05, 0.1) is 6.10 Å². The van der Waals surface area contributed by atoms with Gasteiger partial charge in [0.1, 0.15) is 18.0 Å². The zero-order valence-electron chi connectivity index (χ0n) is 22.4. The Balaban J connectivity index is 3.19. The van der Waals surface area contributed by atoms with Crippen molar-refractivity contribution in [1.29, 1.82) is 0 Å². The maximum absolute atomic E-state index is 11.5. The first kappa shape index (κ1) is 28.2. The van der Waals surface area contributed by atoms with Crippen LogP contribution in [-0.2, 0) is 35.8 Å². The molecule has 0 aliphatic rings. The average molecular weight is 453 g/mol. The highest BCUT2D eigenvalue weighted by atomic mass is 17.5. The minimum absolute atomic E-state index is 0.0106. The first-order valence-electron chi connectivity index (χ1n) is 11.3. The minimum Gasteiger partial charge on any atom is -0.490 e. The van der Waals surface area contributed by atoms with Gasteiger partial charge in [-0.25, -0.2) is 9.68 Å². The van der Waals surface area contributed by atoms with E-state index in [4.69, 9.17) is 14.4 Å². The molecule has 6 heteroatoms. The molecule has 1 aromatic carbocycles. The van der Waals surface area contributed by atoms with Crippen LogP contribution in [0.3, 0.4) is 0 Å². The molecule has 0 atom stereocenters. The molecule has 1 aromatic rings. The molecule has 0 aliphatic heterocycles. The number of benzene rings is 1. The van der Waals surface area contributed by atoms with E-state index < -0.39 is 11.8 Å². The smallest absolute Gasteiger partial charge is 0.490 e. The van der Waals surface area contributed by atoms with Crippen LogP contribution < -0.4 is 4.74 Å². The highest BCUT2D eigenvalue weighted by Gasteiger charge is 2.32. The average Bonchev–Trinajstić information content (AvgIpc) is 2.56. The maximum Gasteiger partial charge on any atom is 0.542 e. The lowest BCUT2D eigenvalue weighted by Gasteiger charge is -2.34. The van der Waals surface area contributed by atoms with E-state index in [-0.39, 0.29) is 29.0 Å². The highest BCUT2D eigenvalue weighted by molar-refractivity contribution is 5.59. The second kappa shape index (κ2) is 10.0. The molecule has 0 N–H and O–H groups in total. The summed E-state index contributed by atoms with van der Waals surface area (Å²) in [5, 5.41) is 4.65. The molecule has 184 valence electrons. The van der Waals surface area contributed by atoms with Crippen molar-refractivity contribution in [2.45, 2.75) is 118 Å². The predicted molar refractivity (Wildman–Crippen MR) is 127 cm³/mol. The summed E-state index contributed by atoms with van der Waals surface area (Å²) in [5.41, 5.74) is 2.44. The molecular formula is C26H44O6. The maximum atomic E-state index is 11.5. The van der Waals surface area contributed by atoms with Crippen molar-refractivity contribution in [2.75, 3.05) is 6.61 Å². The van der Waals surface area contributed by atoms with Gasteiger partial charge in [0.2, 0.25) is 0 Å². The van der Waals surface area contributed by atoms with Gasteiger partial charge in [-0.2, -0.15) is 4.89 Å². The molecule has 0 saturated heterocycles. The number of ether oxygens (including phenoxy) is 2. The van der Waals surface area contributed by atoms with Crippen LogP contribution in [-0.4, -0.2) is 24.5 Å². The third-order valence-corrected chi connectivity index (χ3v) is 4.83. The van der Waals surface area contributed by atoms with Crippen LogP contribution in [0.25, 0.3) is 0 Å². The largest absolute Gasteiger partial charge is 0.542 e. The summed E-state index contributed by atoms with van der Waals surface area (Å²) in [5.74, 6) is 0.856. The lowest BCUT2D eigenvalue weighted by Crippen LogP contribution is -2.34. The van der Waals surface area contributed by atoms with Gasteiger partial charge < -0.3 is 9.47 Å². The van der Waals surface area contributed by atoms with Gasteiger partial charge in [-0.3, -0.25) is 0 Å². The van der Waals surface area contributed by atoms with Crippen molar-refractivity contribution in [3.63, 3.8) is 0 Å². The van der Waals surface area contributed by atoms with Crippen LogP contribution >= 0.6 is 0 Å². The van der Waals surface area contributed by atoms with E-state index in [1.54, 1.807) is 27.7 Å². The molecule has 0 unspecified atom stereocenters. The van der Waals surface area contributed by atoms with E-state index in [0.717, 1.165) is 16.9 Å². The third kappa shape index (κ3) is 8.62. The quantitative estimate of drug-likeness (QED) is 0.248. The van der Waals surface area contributed by atoms with Gasteiger partial charge in [-0.15, -0.1) is 0 Å². The zero-order chi connectivity index (χ0) is 25.1. The molecule has 0 spiro atoms. The van der Waals surface area contributed by atoms with Gasteiger partial charge in [0, 0.05) is 11.1 Å². The number of hydrogen-bond donors (Lipinski definition) is 0. The first-order valence-corrected chi connectivity index (χ1v) is 11.3. The lowest BCUT2D eigenvalue weighted by molar-refractivity contribution is -0.518. The normalized spacial score (nSPS) is 13.3. The summed E-state index contributed by atoms with van der Waals surface area (Å²) in [6.07, 6.45) is -1.27. The van der Waals surface area contributed by atoms with E-state index in [2.05, 4.69) is 84.4 Å². The Bertz CT molecular complexity index is 738. The summed E-state index contributed by atoms with van der Waals surface area (Å²) in [6.45, 7) is 27.0. The molecule has 0 aliphatic carbocycles. The fraction of sp³-hybridized carbons (Fsp3) is 0.731. The van der Waals surface area contributed by atoms with Gasteiger partial charge >= 0.3 is 6.16 Å². The second-order valence-corrected chi connectivity index (χ2v) is 12.4. The molecule has 0 heterocycles. The third-order valence-electron chi connectivity index (χ3n) is 4.83. The van der Waals surface area contributed by atoms with Crippen molar-refractivity contribution in [3.8, 4) is 5.75 Å². The Morgan fingerprint density at radius 3 is 1.66 bits per heavy atom. The monoisotopic (exact) mass is 452 g/mol. The Labute approximate surface area is 194 Å². The van der Waals surface area contributed by atoms with E-state index >= 15 is 0 Å². The fourth-order valence-corrected chi connectivity index (χ4v) is 2.95. The van der Waals surface area contributed by atoms with Crippen LogP contribution in [0.5, 0.6) is 5.75 Å². The summed E-state index contributed by atoms with van der Waals surface area (Å²) in [7, 11) is 0. The summed E-state index contributed by atoms with van der Waals surface area (Å²) < 4.78 is 11.2. The molecule has 1 rings (SSSR count). The standard InChI is InChI=1S/C26H44O6/c1-17(2)29-22(27)30-32-31-26(12,13)16-28-21-19(24(6,7)8)14-18(23(3,4)5)15-20(21)25(9,10)11/h14-15,17H,16H2,1-13H3. The minimum atomic E-state index is -0.959. The van der Waals surface area contributed by atoms with Crippen LogP contribution in [0.15, 0.2) is 12.1 Å². The van der Waals surface area contributed by atoms with Crippen molar-refractivity contribution < 1.29 is 29.1 Å². The SMILES string of the molecule is CC(C)OC(=O)OOOC(C)(C)COc1c(C(C)(C)C)cc(C(C)(C)C)cc1C(C)(C)C. The van der Waals surface area contributed by atoms with Crippen molar-refractivity contribution in [2.24, 2.45) is 0 Å². The summed E-state index contributed by atoms with van der Waals surface area (Å²) in [4.78, 5) is 21.3. The van der Waals surface area contributed by atoms with Crippen molar-refractivity contribution >= 4 is 6.16 Å². The Morgan fingerprint density at radius 1 is 0.812 bits per heavy atom. The Morgan fingerprint density at radius 2 is 1.28 bits per heavy atom. The van der Waals surface area contributed by atoms with E-state index in [1.165, 1.54) is 5.56 Å². The Kier molecular flexibility index (Phi) is 8.83. The Hall–Kier alpha value is -1.79. The van der Waals surface area contributed by atoms with Crippen LogP contribution in [0.4, 0.5) is 4.79 Å². The molecule has 0 bridgehead atoms. The fourth-order valence-electron chi connectivity index (χ4n) is 2.95. The van der Waals surface area contributed by atoms with Crippen LogP contribution in [0.2, 0.25) is 0 Å². The van der Waals surface area contributed by atoms with E-state index in [9.17, 15) is 4.79 Å². The number of hydrogen-bond acceptors (Lipinski definition) is 6. The molecule has 0 saturated carbocycles. The second-order valence-electron chi connectivity index (χ2n) is 12.4. The molecule has 0 radical (unpaired) electrons. The molecule has 0 fully saturated rings. The van der Waals surface area contributed by atoms with Gasteiger partial charge in [-0.05, 0) is 54.5 Å². The summed E-state index contributed by atoms with van der Waals surface area (Å²) >= 11 is 0. The lowest BCUT2D eigenvalue weighted by atomic mass is 9.74. The number of carbonyl (C=O) groups excluding carboxylic acids is 1. The highest BCUT2D eigenvalue weighted by Crippen LogP contribution is 2.43. The molecule has 0 aromatic heterocycles. The van der Waals surface area contributed by atoms with E-state index in [1.807, 2.05) is 0 Å². The number of rotatable bonds is 7. The molecule has 6 nitrogen and oxygen atoms in total. The number of carbonyl (C=O) groups is 1. The van der Waals surface area contributed by atoms with Crippen molar-refractivity contribution in [3.05, 3.63) is 28.8 Å². The molecular weight excluding hydrogens is 408 g/mol. The van der Waals surface area contributed by atoms with Crippen molar-refractivity contribution in [1.82, 2.24) is 0 Å². The molecule has 0 amide bonds. The van der Waals surface area contributed by atoms with Crippen LogP contribution in [0.1, 0.15) is 107 Å². The summed E-state index contributed by atoms with van der Waals surface area (Å²) in [6, 6.07) is 4.50. The zero-order valence-corrected chi connectivity index (χ0v) is 22.4.